The Bertz CT molecular complexity index is 891. The first-order chi connectivity index (χ1) is 12.1. The summed E-state index contributed by atoms with van der Waals surface area (Å²) in [7, 11) is 1.60. The first kappa shape index (κ1) is 16.9. The number of benzene rings is 2. The normalized spacial score (nSPS) is 10.5. The number of hydrogen-bond acceptors (Lipinski definition) is 6. The zero-order valence-electron chi connectivity index (χ0n) is 13.8. The summed E-state index contributed by atoms with van der Waals surface area (Å²) in [5.74, 6) is 0.799. The Balaban J connectivity index is 1.77. The second-order valence-corrected chi connectivity index (χ2v) is 6.06. The van der Waals surface area contributed by atoms with E-state index in [1.165, 1.54) is 6.07 Å². The molecule has 0 aliphatic rings. The number of carbonyl (C=O) groups is 1. The SMILES string of the molecule is CCc1ccc(O)c(C(=O)Nc2nc(-c3ccc(OC)cc3)ns2)c1. The number of hydrogen-bond donors (Lipinski definition) is 2. The first-order valence-electron chi connectivity index (χ1n) is 7.72. The molecule has 3 aromatic rings. The topological polar surface area (TPSA) is 84.3 Å². The van der Waals surface area contributed by atoms with E-state index in [0.29, 0.717) is 11.0 Å². The van der Waals surface area contributed by atoms with Crippen LogP contribution in [0, 0.1) is 0 Å². The lowest BCUT2D eigenvalue weighted by atomic mass is 10.1. The van der Waals surface area contributed by atoms with Crippen molar-refractivity contribution in [2.45, 2.75) is 13.3 Å². The maximum atomic E-state index is 12.4. The number of ether oxygens (including phenoxy) is 1. The third-order valence-corrected chi connectivity index (χ3v) is 4.34. The summed E-state index contributed by atoms with van der Waals surface area (Å²) in [6, 6.07) is 12.3. The van der Waals surface area contributed by atoms with E-state index in [2.05, 4.69) is 14.7 Å². The minimum absolute atomic E-state index is 0.0606. The summed E-state index contributed by atoms with van der Waals surface area (Å²) in [6.45, 7) is 1.99. The van der Waals surface area contributed by atoms with E-state index in [1.54, 1.807) is 19.2 Å². The van der Waals surface area contributed by atoms with Crippen LogP contribution in [0.1, 0.15) is 22.8 Å². The highest BCUT2D eigenvalue weighted by Crippen LogP contribution is 2.25. The Kier molecular flexibility index (Phi) is 4.95. The van der Waals surface area contributed by atoms with Gasteiger partial charge in [-0.3, -0.25) is 10.1 Å². The third-order valence-electron chi connectivity index (χ3n) is 3.71. The van der Waals surface area contributed by atoms with Crippen LogP contribution < -0.4 is 10.1 Å². The van der Waals surface area contributed by atoms with Crippen LogP contribution in [0.5, 0.6) is 11.5 Å². The molecule has 0 spiro atoms. The minimum Gasteiger partial charge on any atom is -0.507 e. The second kappa shape index (κ2) is 7.31. The van der Waals surface area contributed by atoms with Crippen molar-refractivity contribution in [1.82, 2.24) is 9.36 Å². The second-order valence-electron chi connectivity index (χ2n) is 5.31. The molecule has 0 saturated carbocycles. The number of amides is 1. The van der Waals surface area contributed by atoms with Gasteiger partial charge in [0.2, 0.25) is 5.13 Å². The van der Waals surface area contributed by atoms with Crippen molar-refractivity contribution in [3.63, 3.8) is 0 Å². The highest BCUT2D eigenvalue weighted by atomic mass is 32.1. The number of nitrogens with one attached hydrogen (secondary N) is 1. The zero-order valence-corrected chi connectivity index (χ0v) is 14.6. The van der Waals surface area contributed by atoms with Gasteiger partial charge in [0.25, 0.3) is 5.91 Å². The van der Waals surface area contributed by atoms with E-state index in [4.69, 9.17) is 4.74 Å². The molecule has 128 valence electrons. The van der Waals surface area contributed by atoms with Crippen molar-refractivity contribution in [2.24, 2.45) is 0 Å². The number of rotatable bonds is 5. The fourth-order valence-electron chi connectivity index (χ4n) is 2.28. The number of phenolic OH excluding ortho intramolecular Hbond substituents is 1. The van der Waals surface area contributed by atoms with Crippen molar-refractivity contribution in [2.75, 3.05) is 12.4 Å². The lowest BCUT2D eigenvalue weighted by Crippen LogP contribution is -2.12. The van der Waals surface area contributed by atoms with Crippen LogP contribution >= 0.6 is 11.5 Å². The lowest BCUT2D eigenvalue weighted by molar-refractivity contribution is 0.102. The van der Waals surface area contributed by atoms with Crippen LogP contribution in [0.4, 0.5) is 5.13 Å². The average Bonchev–Trinajstić information content (AvgIpc) is 3.10. The van der Waals surface area contributed by atoms with E-state index < -0.39 is 5.91 Å². The van der Waals surface area contributed by atoms with E-state index in [-0.39, 0.29) is 11.3 Å². The molecule has 0 saturated heterocycles. The molecule has 6 nitrogen and oxygen atoms in total. The number of phenols is 1. The number of methoxy groups -OCH3 is 1. The molecule has 2 aromatic carbocycles. The number of aromatic nitrogens is 2. The summed E-state index contributed by atoms with van der Waals surface area (Å²) < 4.78 is 9.38. The number of carbonyl (C=O) groups excluding carboxylic acids is 1. The molecule has 1 amide bonds. The van der Waals surface area contributed by atoms with E-state index in [0.717, 1.165) is 34.8 Å². The van der Waals surface area contributed by atoms with Gasteiger partial charge < -0.3 is 9.84 Å². The molecule has 7 heteroatoms. The Morgan fingerprint density at radius 1 is 1.24 bits per heavy atom. The van der Waals surface area contributed by atoms with Crippen LogP contribution in [0.25, 0.3) is 11.4 Å². The smallest absolute Gasteiger partial charge is 0.261 e. The van der Waals surface area contributed by atoms with Crippen LogP contribution in [0.15, 0.2) is 42.5 Å². The fourth-order valence-corrected chi connectivity index (χ4v) is 2.87. The third kappa shape index (κ3) is 3.77. The molecule has 0 aliphatic heterocycles. The van der Waals surface area contributed by atoms with Gasteiger partial charge in [0, 0.05) is 17.1 Å². The van der Waals surface area contributed by atoms with E-state index in [1.807, 2.05) is 31.2 Å². The molecule has 0 radical (unpaired) electrons. The van der Waals surface area contributed by atoms with Crippen LogP contribution in [-0.4, -0.2) is 27.5 Å². The Labute approximate surface area is 149 Å². The summed E-state index contributed by atoms with van der Waals surface area (Å²) in [5.41, 5.74) is 2.02. The van der Waals surface area contributed by atoms with Gasteiger partial charge in [-0.25, -0.2) is 0 Å². The van der Waals surface area contributed by atoms with Gasteiger partial charge in [0.05, 0.1) is 12.7 Å². The predicted octanol–water partition coefficient (Wildman–Crippen LogP) is 3.73. The molecule has 0 aliphatic carbocycles. The van der Waals surface area contributed by atoms with Crippen molar-refractivity contribution < 1.29 is 14.6 Å². The van der Waals surface area contributed by atoms with Crippen LogP contribution in [-0.2, 0) is 6.42 Å². The van der Waals surface area contributed by atoms with E-state index in [9.17, 15) is 9.90 Å². The van der Waals surface area contributed by atoms with Crippen molar-refractivity contribution >= 4 is 22.6 Å². The Morgan fingerprint density at radius 2 is 2.00 bits per heavy atom. The maximum Gasteiger partial charge on any atom is 0.261 e. The number of aryl methyl sites for hydroxylation is 1. The standard InChI is InChI=1S/C18H17N3O3S/c1-3-11-4-9-15(22)14(10-11)17(23)20-18-19-16(21-25-18)12-5-7-13(24-2)8-6-12/h4-10,22H,3H2,1-2H3,(H,19,20,21,23). The van der Waals surface area contributed by atoms with Crippen LogP contribution in [0.2, 0.25) is 0 Å². The number of aromatic hydroxyl groups is 1. The minimum atomic E-state index is -0.412. The average molecular weight is 355 g/mol. The Hall–Kier alpha value is -2.93. The van der Waals surface area contributed by atoms with Crippen LogP contribution in [0.3, 0.4) is 0 Å². The van der Waals surface area contributed by atoms with Crippen molar-refractivity contribution in [3.05, 3.63) is 53.6 Å². The number of nitrogens with zero attached hydrogens (tertiary/aromatic N) is 2. The molecule has 2 N–H and O–H groups in total. The van der Waals surface area contributed by atoms with Gasteiger partial charge in [0.1, 0.15) is 11.5 Å². The summed E-state index contributed by atoms with van der Waals surface area (Å²) in [4.78, 5) is 16.7. The monoisotopic (exact) mass is 355 g/mol. The molecule has 0 atom stereocenters. The van der Waals surface area contributed by atoms with Gasteiger partial charge in [-0.1, -0.05) is 13.0 Å². The molecule has 3 rings (SSSR count). The maximum absolute atomic E-state index is 12.4. The molecular formula is C18H17N3O3S. The van der Waals surface area contributed by atoms with Gasteiger partial charge in [0.15, 0.2) is 5.82 Å². The Morgan fingerprint density at radius 3 is 2.68 bits per heavy atom. The number of anilines is 1. The van der Waals surface area contributed by atoms with E-state index >= 15 is 0 Å². The molecule has 0 fully saturated rings. The van der Waals surface area contributed by atoms with Gasteiger partial charge in [-0.15, -0.1) is 0 Å². The first-order valence-corrected chi connectivity index (χ1v) is 8.49. The molecule has 0 unspecified atom stereocenters. The largest absolute Gasteiger partial charge is 0.507 e. The van der Waals surface area contributed by atoms with Crippen molar-refractivity contribution in [3.8, 4) is 22.9 Å². The quantitative estimate of drug-likeness (QED) is 0.728. The predicted molar refractivity (Wildman–Crippen MR) is 97.3 cm³/mol. The van der Waals surface area contributed by atoms with Crippen molar-refractivity contribution in [1.29, 1.82) is 0 Å². The fraction of sp³-hybridized carbons (Fsp3) is 0.167. The summed E-state index contributed by atoms with van der Waals surface area (Å²) in [6.07, 6.45) is 0.779. The van der Waals surface area contributed by atoms with Gasteiger partial charge in [-0.05, 0) is 48.4 Å². The summed E-state index contributed by atoms with van der Waals surface area (Å²) in [5, 5.41) is 13.0. The summed E-state index contributed by atoms with van der Waals surface area (Å²) >= 11 is 1.09. The van der Waals surface area contributed by atoms with Gasteiger partial charge in [-0.2, -0.15) is 9.36 Å². The lowest BCUT2D eigenvalue weighted by Gasteiger charge is -2.06. The molecule has 1 aromatic heterocycles. The zero-order chi connectivity index (χ0) is 17.8. The van der Waals surface area contributed by atoms with Gasteiger partial charge >= 0.3 is 0 Å². The molecule has 25 heavy (non-hydrogen) atoms. The molecule has 0 bridgehead atoms. The highest BCUT2D eigenvalue weighted by Gasteiger charge is 2.15. The molecule has 1 heterocycles. The highest BCUT2D eigenvalue weighted by molar-refractivity contribution is 7.10. The molecular weight excluding hydrogens is 338 g/mol.